The summed E-state index contributed by atoms with van der Waals surface area (Å²) in [4.78, 5) is 33.4. The molecule has 3 fully saturated rings. The normalized spacial score (nSPS) is 28.6. The summed E-state index contributed by atoms with van der Waals surface area (Å²) in [6.07, 6.45) is -2.52. The molecular weight excluding hydrogens is 489 g/mol. The Hall–Kier alpha value is -3.57. The lowest BCUT2D eigenvalue weighted by Crippen LogP contribution is -2.44. The lowest BCUT2D eigenvalue weighted by molar-refractivity contribution is -0.274. The van der Waals surface area contributed by atoms with Crippen molar-refractivity contribution in [2.75, 3.05) is 26.2 Å². The van der Waals surface area contributed by atoms with E-state index in [4.69, 9.17) is 0 Å². The van der Waals surface area contributed by atoms with Crippen molar-refractivity contribution >= 4 is 22.7 Å². The lowest BCUT2D eigenvalue weighted by Gasteiger charge is -2.42. The minimum Gasteiger partial charge on any atom is -0.406 e. The number of likely N-dealkylation sites (tertiary alicyclic amines) is 2. The maximum absolute atomic E-state index is 13.2. The minimum atomic E-state index is -4.77. The smallest absolute Gasteiger partial charge is 0.406 e. The molecule has 9 nitrogen and oxygen atoms in total. The molecule has 37 heavy (non-hydrogen) atoms. The van der Waals surface area contributed by atoms with Crippen LogP contribution in [0.2, 0.25) is 0 Å². The molecule has 2 aliphatic heterocycles. The van der Waals surface area contributed by atoms with Gasteiger partial charge in [0.1, 0.15) is 11.4 Å². The van der Waals surface area contributed by atoms with Crippen molar-refractivity contribution in [1.29, 1.82) is 0 Å². The number of amides is 2. The first-order valence-electron chi connectivity index (χ1n) is 12.6. The molecule has 5 atom stereocenters. The van der Waals surface area contributed by atoms with Crippen LogP contribution < -0.4 is 4.74 Å². The molecule has 2 saturated heterocycles. The fourth-order valence-corrected chi connectivity index (χ4v) is 7.07. The summed E-state index contributed by atoms with van der Waals surface area (Å²) in [5, 5.41) is 11.4. The molecule has 4 aliphatic rings. The highest BCUT2D eigenvalue weighted by atomic mass is 19.4. The van der Waals surface area contributed by atoms with Crippen LogP contribution in [0.4, 0.5) is 13.2 Å². The van der Waals surface area contributed by atoms with Gasteiger partial charge in [0.15, 0.2) is 0 Å². The van der Waals surface area contributed by atoms with Crippen LogP contribution in [-0.2, 0) is 17.6 Å². The Balaban J connectivity index is 0.990. The zero-order chi connectivity index (χ0) is 25.5. The van der Waals surface area contributed by atoms with Gasteiger partial charge in [-0.25, -0.2) is 0 Å². The van der Waals surface area contributed by atoms with Crippen molar-refractivity contribution in [2.45, 2.75) is 25.6 Å². The van der Waals surface area contributed by atoms with E-state index in [0.717, 1.165) is 37.3 Å². The Morgan fingerprint density at radius 1 is 1.00 bits per heavy atom. The van der Waals surface area contributed by atoms with Crippen LogP contribution in [0, 0.1) is 29.6 Å². The first kappa shape index (κ1) is 22.6. The summed E-state index contributed by atoms with van der Waals surface area (Å²) in [6.45, 7) is 2.75. The van der Waals surface area contributed by atoms with Gasteiger partial charge in [-0.1, -0.05) is 5.21 Å². The number of alkyl halides is 3. The minimum absolute atomic E-state index is 0.0444. The van der Waals surface area contributed by atoms with Crippen LogP contribution in [0.3, 0.4) is 0 Å². The van der Waals surface area contributed by atoms with Gasteiger partial charge in [0.2, 0.25) is 5.91 Å². The molecule has 4 heterocycles. The van der Waals surface area contributed by atoms with Crippen LogP contribution in [0.25, 0.3) is 10.9 Å². The van der Waals surface area contributed by atoms with E-state index in [1.165, 1.54) is 18.2 Å². The maximum Gasteiger partial charge on any atom is 0.573 e. The van der Waals surface area contributed by atoms with Crippen molar-refractivity contribution in [3.63, 3.8) is 0 Å². The number of aryl methyl sites for hydroxylation is 1. The van der Waals surface area contributed by atoms with E-state index in [2.05, 4.69) is 25.1 Å². The number of aromatic amines is 2. The van der Waals surface area contributed by atoms with Crippen molar-refractivity contribution in [1.82, 2.24) is 30.2 Å². The van der Waals surface area contributed by atoms with Crippen LogP contribution in [0.5, 0.6) is 5.75 Å². The molecule has 194 valence electrons. The van der Waals surface area contributed by atoms with Crippen molar-refractivity contribution in [3.05, 3.63) is 41.3 Å². The SMILES string of the molecule is O=C(c1cc2cc(OC(F)(F)F)ccc2[nH]1)N1C[C@@H]2[C@H](C1)[C@H]1CN(C(=O)[C@@H]3CCc4[nH]nnc4C3)C[C@@H]21. The molecule has 7 rings (SSSR count). The number of rotatable bonds is 3. The van der Waals surface area contributed by atoms with Crippen LogP contribution >= 0.6 is 0 Å². The number of carbonyl (C=O) groups excluding carboxylic acids is 2. The molecule has 2 N–H and O–H groups in total. The summed E-state index contributed by atoms with van der Waals surface area (Å²) in [5.74, 6) is 1.25. The number of halogens is 3. The van der Waals surface area contributed by atoms with E-state index >= 15 is 0 Å². The molecule has 2 amide bonds. The van der Waals surface area contributed by atoms with Gasteiger partial charge < -0.3 is 19.5 Å². The average molecular weight is 515 g/mol. The number of nitrogens with zero attached hydrogens (tertiary/aromatic N) is 4. The predicted molar refractivity (Wildman–Crippen MR) is 123 cm³/mol. The summed E-state index contributed by atoms with van der Waals surface area (Å²) in [7, 11) is 0. The quantitative estimate of drug-likeness (QED) is 0.559. The Labute approximate surface area is 209 Å². The van der Waals surface area contributed by atoms with Gasteiger partial charge in [-0.2, -0.15) is 0 Å². The second-order valence-corrected chi connectivity index (χ2v) is 10.8. The van der Waals surface area contributed by atoms with Gasteiger partial charge in [0, 0.05) is 49.4 Å². The molecule has 12 heteroatoms. The number of hydrogen-bond donors (Lipinski definition) is 2. The highest BCUT2D eigenvalue weighted by Gasteiger charge is 2.59. The van der Waals surface area contributed by atoms with Gasteiger partial charge in [0.25, 0.3) is 5.91 Å². The molecule has 0 spiro atoms. The highest BCUT2D eigenvalue weighted by molar-refractivity contribution is 5.98. The highest BCUT2D eigenvalue weighted by Crippen LogP contribution is 2.54. The monoisotopic (exact) mass is 514 g/mol. The average Bonchev–Trinajstić information content (AvgIpc) is 3.63. The van der Waals surface area contributed by atoms with Crippen molar-refractivity contribution < 1.29 is 27.5 Å². The molecule has 2 aromatic heterocycles. The summed E-state index contributed by atoms with van der Waals surface area (Å²) < 4.78 is 41.6. The lowest BCUT2D eigenvalue weighted by atomic mass is 9.60. The Bertz CT molecular complexity index is 1380. The number of H-pyrrole nitrogens is 2. The summed E-state index contributed by atoms with van der Waals surface area (Å²) in [6, 6.07) is 5.55. The Morgan fingerprint density at radius 3 is 2.41 bits per heavy atom. The van der Waals surface area contributed by atoms with Crippen LogP contribution in [0.15, 0.2) is 24.3 Å². The third-order valence-corrected chi connectivity index (χ3v) is 8.82. The third kappa shape index (κ3) is 3.75. The van der Waals surface area contributed by atoms with E-state index in [1.807, 2.05) is 9.80 Å². The van der Waals surface area contributed by atoms with E-state index in [0.29, 0.717) is 59.8 Å². The van der Waals surface area contributed by atoms with Crippen molar-refractivity contribution in [2.24, 2.45) is 29.6 Å². The van der Waals surface area contributed by atoms with Gasteiger partial charge in [-0.15, -0.1) is 18.3 Å². The van der Waals surface area contributed by atoms with E-state index < -0.39 is 6.36 Å². The number of hydrogen-bond acceptors (Lipinski definition) is 5. The van der Waals surface area contributed by atoms with Crippen molar-refractivity contribution in [3.8, 4) is 5.75 Å². The number of benzene rings is 1. The summed E-state index contributed by atoms with van der Waals surface area (Å²) >= 11 is 0. The number of aromatic nitrogens is 4. The fraction of sp³-hybridized carbons (Fsp3) is 0.520. The van der Waals surface area contributed by atoms with E-state index in [-0.39, 0.29) is 23.5 Å². The molecule has 2 aliphatic carbocycles. The zero-order valence-electron chi connectivity index (χ0n) is 19.8. The zero-order valence-corrected chi connectivity index (χ0v) is 19.8. The molecule has 1 saturated carbocycles. The summed E-state index contributed by atoms with van der Waals surface area (Å²) in [5.41, 5.74) is 2.87. The standard InChI is InChI=1S/C25H25F3N6O3/c26-25(27,28)37-14-2-4-19-13(5-14)7-22(29-19)24(36)34-10-17-15-8-33(9-16(15)18(17)11-34)23(35)12-1-3-20-21(6-12)31-32-30-20/h2,4-5,7,12,15-18,29H,1,3,6,8-11H2,(H,30,31,32)/t12-,15-,16+,17+,18-/m1/s1. The number of nitrogens with one attached hydrogen (secondary N) is 2. The first-order chi connectivity index (χ1) is 17.7. The third-order valence-electron chi connectivity index (χ3n) is 8.82. The predicted octanol–water partition coefficient (Wildman–Crippen LogP) is 2.77. The molecule has 3 aromatic rings. The Morgan fingerprint density at radius 2 is 1.70 bits per heavy atom. The van der Waals surface area contributed by atoms with Gasteiger partial charge in [-0.3, -0.25) is 14.7 Å². The fourth-order valence-electron chi connectivity index (χ4n) is 7.07. The van der Waals surface area contributed by atoms with E-state index in [9.17, 15) is 22.8 Å². The van der Waals surface area contributed by atoms with Crippen LogP contribution in [-0.4, -0.2) is 74.6 Å². The molecule has 1 aromatic carbocycles. The Kier molecular flexibility index (Phi) is 4.87. The van der Waals surface area contributed by atoms with Gasteiger partial charge in [0.05, 0.1) is 11.4 Å². The van der Waals surface area contributed by atoms with E-state index in [1.54, 1.807) is 6.07 Å². The maximum atomic E-state index is 13.2. The second kappa shape index (κ2) is 7.96. The second-order valence-electron chi connectivity index (χ2n) is 10.8. The molecule has 0 radical (unpaired) electrons. The van der Waals surface area contributed by atoms with Gasteiger partial charge >= 0.3 is 6.36 Å². The van der Waals surface area contributed by atoms with Gasteiger partial charge in [-0.05, 0) is 60.8 Å². The number of carbonyl (C=O) groups is 2. The topological polar surface area (TPSA) is 107 Å². The number of fused-ring (bicyclic) bond motifs is 6. The van der Waals surface area contributed by atoms with Crippen LogP contribution in [0.1, 0.15) is 28.3 Å². The molecule has 0 unspecified atom stereocenters. The molecular formula is C25H25F3N6O3. The largest absolute Gasteiger partial charge is 0.573 e. The number of ether oxygens (including phenoxy) is 1. The first-order valence-corrected chi connectivity index (χ1v) is 12.6. The molecule has 0 bridgehead atoms.